The number of amides is 1. The lowest BCUT2D eigenvalue weighted by atomic mass is 10.2. The molecule has 0 spiro atoms. The molecule has 94 valence electrons. The molecule has 0 saturated carbocycles. The second-order valence-corrected chi connectivity index (χ2v) is 4.89. The Bertz CT molecular complexity index is 393. The quantitative estimate of drug-likeness (QED) is 0.823. The highest BCUT2D eigenvalue weighted by atomic mass is 35.5. The van der Waals surface area contributed by atoms with Crippen LogP contribution in [0.3, 0.4) is 0 Å². The molecular weight excluding hydrogens is 236 g/mol. The zero-order chi connectivity index (χ0) is 13.0. The van der Waals surface area contributed by atoms with Gasteiger partial charge < -0.3 is 4.90 Å². The maximum Gasteiger partial charge on any atom is 0.239 e. The lowest BCUT2D eigenvalue weighted by Gasteiger charge is -2.26. The molecule has 4 heteroatoms. The molecule has 0 radical (unpaired) electrons. The first-order valence-electron chi connectivity index (χ1n) is 5.57. The van der Waals surface area contributed by atoms with Crippen LogP contribution in [0.4, 0.5) is 0 Å². The van der Waals surface area contributed by atoms with Crippen molar-refractivity contribution in [1.29, 1.82) is 0 Å². The summed E-state index contributed by atoms with van der Waals surface area (Å²) in [4.78, 5) is 15.4. The van der Waals surface area contributed by atoms with Gasteiger partial charge in [0, 0.05) is 25.7 Å². The minimum absolute atomic E-state index is 0.106. The fourth-order valence-corrected chi connectivity index (χ4v) is 1.84. The van der Waals surface area contributed by atoms with Crippen molar-refractivity contribution < 1.29 is 4.79 Å². The van der Waals surface area contributed by atoms with Crippen LogP contribution in [-0.4, -0.2) is 42.9 Å². The van der Waals surface area contributed by atoms with Crippen molar-refractivity contribution in [3.8, 4) is 0 Å². The number of hydrogen-bond acceptors (Lipinski definition) is 2. The third-order valence-electron chi connectivity index (χ3n) is 2.78. The maximum absolute atomic E-state index is 11.8. The van der Waals surface area contributed by atoms with Crippen molar-refractivity contribution in [3.05, 3.63) is 34.9 Å². The third kappa shape index (κ3) is 4.02. The monoisotopic (exact) mass is 254 g/mol. The van der Waals surface area contributed by atoms with Gasteiger partial charge in [0.1, 0.15) is 0 Å². The molecule has 0 bridgehead atoms. The summed E-state index contributed by atoms with van der Waals surface area (Å²) in [5.74, 6) is 0.106. The van der Waals surface area contributed by atoms with E-state index in [-0.39, 0.29) is 11.9 Å². The number of nitrogens with zero attached hydrogens (tertiary/aromatic N) is 2. The number of rotatable bonds is 4. The number of hydrogen-bond donors (Lipinski definition) is 0. The molecule has 0 saturated heterocycles. The van der Waals surface area contributed by atoms with Gasteiger partial charge in [0.15, 0.2) is 0 Å². The third-order valence-corrected chi connectivity index (χ3v) is 3.02. The van der Waals surface area contributed by atoms with E-state index in [0.29, 0.717) is 6.54 Å². The zero-order valence-electron chi connectivity index (χ0n) is 10.8. The molecule has 17 heavy (non-hydrogen) atoms. The van der Waals surface area contributed by atoms with Gasteiger partial charge in [0.05, 0.1) is 6.04 Å². The van der Waals surface area contributed by atoms with E-state index >= 15 is 0 Å². The smallest absolute Gasteiger partial charge is 0.239 e. The Labute approximate surface area is 108 Å². The highest BCUT2D eigenvalue weighted by molar-refractivity contribution is 6.30. The van der Waals surface area contributed by atoms with Crippen LogP contribution >= 0.6 is 11.6 Å². The van der Waals surface area contributed by atoms with Crippen LogP contribution in [0.15, 0.2) is 24.3 Å². The van der Waals surface area contributed by atoms with Gasteiger partial charge in [-0.3, -0.25) is 9.69 Å². The molecule has 1 unspecified atom stereocenters. The normalized spacial score (nSPS) is 12.6. The second-order valence-electron chi connectivity index (χ2n) is 4.45. The van der Waals surface area contributed by atoms with E-state index in [1.54, 1.807) is 19.0 Å². The van der Waals surface area contributed by atoms with E-state index in [4.69, 9.17) is 11.6 Å². The van der Waals surface area contributed by atoms with Gasteiger partial charge >= 0.3 is 0 Å². The Morgan fingerprint density at radius 1 is 1.35 bits per heavy atom. The molecular formula is C13H19ClN2O. The first-order valence-corrected chi connectivity index (χ1v) is 5.95. The van der Waals surface area contributed by atoms with E-state index in [0.717, 1.165) is 10.6 Å². The average Bonchev–Trinajstić information content (AvgIpc) is 2.26. The summed E-state index contributed by atoms with van der Waals surface area (Å²) in [6, 6.07) is 7.56. The number of carbonyl (C=O) groups excluding carboxylic acids is 1. The molecule has 0 N–H and O–H groups in total. The van der Waals surface area contributed by atoms with Crippen molar-refractivity contribution in [1.82, 2.24) is 9.80 Å². The predicted octanol–water partition coefficient (Wildman–Crippen LogP) is 2.25. The summed E-state index contributed by atoms with van der Waals surface area (Å²) in [6.45, 7) is 2.62. The highest BCUT2D eigenvalue weighted by Crippen LogP contribution is 2.13. The highest BCUT2D eigenvalue weighted by Gasteiger charge is 2.19. The summed E-state index contributed by atoms with van der Waals surface area (Å²) < 4.78 is 0. The number of halogens is 1. The standard InChI is InChI=1S/C13H19ClN2O/c1-10(13(17)15(2)3)16(4)9-11-6-5-7-12(14)8-11/h5-8,10H,9H2,1-4H3. The van der Waals surface area contributed by atoms with Gasteiger partial charge in [-0.05, 0) is 31.7 Å². The molecule has 0 aliphatic carbocycles. The van der Waals surface area contributed by atoms with Crippen LogP contribution in [0.2, 0.25) is 5.02 Å². The van der Waals surface area contributed by atoms with Crippen molar-refractivity contribution in [3.63, 3.8) is 0 Å². The first kappa shape index (κ1) is 14.0. The van der Waals surface area contributed by atoms with Gasteiger partial charge in [-0.25, -0.2) is 0 Å². The Kier molecular flexibility index (Phi) is 4.97. The van der Waals surface area contributed by atoms with Crippen LogP contribution in [-0.2, 0) is 11.3 Å². The van der Waals surface area contributed by atoms with Gasteiger partial charge in [-0.1, -0.05) is 23.7 Å². The molecule has 1 amide bonds. The average molecular weight is 255 g/mol. The molecule has 1 rings (SSSR count). The molecule has 3 nitrogen and oxygen atoms in total. The maximum atomic E-state index is 11.8. The van der Waals surface area contributed by atoms with E-state index in [1.165, 1.54) is 0 Å². The predicted molar refractivity (Wildman–Crippen MR) is 71.1 cm³/mol. The van der Waals surface area contributed by atoms with Crippen LogP contribution in [0.1, 0.15) is 12.5 Å². The molecule has 0 heterocycles. The largest absolute Gasteiger partial charge is 0.347 e. The Hall–Kier alpha value is -1.06. The van der Waals surface area contributed by atoms with Crippen LogP contribution in [0, 0.1) is 0 Å². The van der Waals surface area contributed by atoms with Gasteiger partial charge in [0.25, 0.3) is 0 Å². The first-order chi connectivity index (χ1) is 7.91. The van der Waals surface area contributed by atoms with Gasteiger partial charge in [-0.2, -0.15) is 0 Å². The summed E-state index contributed by atoms with van der Waals surface area (Å²) in [7, 11) is 5.48. The van der Waals surface area contributed by atoms with Crippen molar-refractivity contribution in [2.45, 2.75) is 19.5 Å². The summed E-state index contributed by atoms with van der Waals surface area (Å²) >= 11 is 5.93. The topological polar surface area (TPSA) is 23.6 Å². The minimum Gasteiger partial charge on any atom is -0.347 e. The molecule has 0 aliphatic rings. The second kappa shape index (κ2) is 6.03. The van der Waals surface area contributed by atoms with Gasteiger partial charge in [0.2, 0.25) is 5.91 Å². The Morgan fingerprint density at radius 2 is 2.00 bits per heavy atom. The molecule has 1 aromatic rings. The zero-order valence-corrected chi connectivity index (χ0v) is 11.5. The molecule has 0 aromatic heterocycles. The number of carbonyl (C=O) groups is 1. The summed E-state index contributed by atoms with van der Waals surface area (Å²) in [6.07, 6.45) is 0. The lowest BCUT2D eigenvalue weighted by Crippen LogP contribution is -2.42. The van der Waals surface area contributed by atoms with Crippen LogP contribution in [0.5, 0.6) is 0 Å². The number of likely N-dealkylation sites (N-methyl/N-ethyl adjacent to an activating group) is 2. The fourth-order valence-electron chi connectivity index (χ4n) is 1.62. The fraction of sp³-hybridized carbons (Fsp3) is 0.462. The lowest BCUT2D eigenvalue weighted by molar-refractivity contribution is -0.133. The van der Waals surface area contributed by atoms with E-state index in [9.17, 15) is 4.79 Å². The van der Waals surface area contributed by atoms with Crippen molar-refractivity contribution in [2.24, 2.45) is 0 Å². The summed E-state index contributed by atoms with van der Waals surface area (Å²) in [5.41, 5.74) is 1.11. The van der Waals surface area contributed by atoms with E-state index < -0.39 is 0 Å². The Balaban J connectivity index is 2.66. The van der Waals surface area contributed by atoms with Crippen LogP contribution < -0.4 is 0 Å². The molecule has 0 aliphatic heterocycles. The molecule has 0 fully saturated rings. The van der Waals surface area contributed by atoms with E-state index in [2.05, 4.69) is 0 Å². The van der Waals surface area contributed by atoms with Crippen molar-refractivity contribution >= 4 is 17.5 Å². The molecule has 1 aromatic carbocycles. The number of benzene rings is 1. The minimum atomic E-state index is -0.135. The van der Waals surface area contributed by atoms with Crippen molar-refractivity contribution in [2.75, 3.05) is 21.1 Å². The van der Waals surface area contributed by atoms with E-state index in [1.807, 2.05) is 43.1 Å². The van der Waals surface area contributed by atoms with Crippen LogP contribution in [0.25, 0.3) is 0 Å². The summed E-state index contributed by atoms with van der Waals surface area (Å²) in [5, 5.41) is 0.725. The Morgan fingerprint density at radius 3 is 2.53 bits per heavy atom. The van der Waals surface area contributed by atoms with Gasteiger partial charge in [-0.15, -0.1) is 0 Å². The SMILES string of the molecule is CC(C(=O)N(C)C)N(C)Cc1cccc(Cl)c1. The molecule has 1 atom stereocenters.